The molecule has 3 N–H and O–H groups in total. The van der Waals surface area contributed by atoms with Gasteiger partial charge in [0.15, 0.2) is 0 Å². The summed E-state index contributed by atoms with van der Waals surface area (Å²) in [5.41, 5.74) is 6.28. The third-order valence-electron chi connectivity index (χ3n) is 4.35. The number of benzene rings is 1. The molecule has 2 heterocycles. The van der Waals surface area contributed by atoms with Gasteiger partial charge in [-0.3, -0.25) is 4.79 Å². The molecule has 132 valence electrons. The molecule has 0 spiro atoms. The molecule has 0 saturated carbocycles. The van der Waals surface area contributed by atoms with Crippen LogP contribution in [0.15, 0.2) is 30.3 Å². The smallest absolute Gasteiger partial charge is 0.312 e. The second-order valence-corrected chi connectivity index (χ2v) is 6.02. The Balaban J connectivity index is 1.60. The van der Waals surface area contributed by atoms with Crippen molar-refractivity contribution >= 4 is 11.9 Å². The van der Waals surface area contributed by atoms with Crippen LogP contribution >= 0.6 is 0 Å². The Labute approximate surface area is 146 Å². The zero-order valence-corrected chi connectivity index (χ0v) is 14.0. The van der Waals surface area contributed by atoms with Crippen LogP contribution in [0.4, 0.5) is 4.79 Å². The van der Waals surface area contributed by atoms with Crippen molar-refractivity contribution in [1.29, 1.82) is 0 Å². The van der Waals surface area contributed by atoms with Crippen LogP contribution in [-0.2, 0) is 30.6 Å². The quantitative estimate of drug-likeness (QED) is 0.804. The summed E-state index contributed by atoms with van der Waals surface area (Å²) in [4.78, 5) is 24.6. The zero-order chi connectivity index (χ0) is 17.6. The Hall–Kier alpha value is -2.90. The number of primary amides is 1. The molecule has 0 saturated heterocycles. The minimum Gasteiger partial charge on any atom is -0.352 e. The molecule has 0 aliphatic carbocycles. The number of nitrogens with one attached hydrogen (secondary N) is 1. The Morgan fingerprint density at radius 1 is 1.08 bits per heavy atom. The molecule has 0 radical (unpaired) electrons. The fraction of sp³-hybridized carbons (Fsp3) is 0.412. The molecule has 0 unspecified atom stereocenters. The molecule has 3 rings (SSSR count). The van der Waals surface area contributed by atoms with E-state index < -0.39 is 6.03 Å². The third-order valence-corrected chi connectivity index (χ3v) is 4.35. The molecule has 0 bridgehead atoms. The van der Waals surface area contributed by atoms with E-state index in [9.17, 15) is 9.59 Å². The summed E-state index contributed by atoms with van der Waals surface area (Å²) in [6, 6.07) is 9.58. The van der Waals surface area contributed by atoms with Crippen molar-refractivity contribution in [2.24, 2.45) is 5.73 Å². The van der Waals surface area contributed by atoms with Gasteiger partial charge >= 0.3 is 6.03 Å². The number of aryl methyl sites for hydroxylation is 2. The van der Waals surface area contributed by atoms with Crippen LogP contribution < -0.4 is 11.1 Å². The van der Waals surface area contributed by atoms with E-state index in [1.165, 1.54) is 5.56 Å². The predicted molar refractivity (Wildman–Crippen MR) is 91.7 cm³/mol. The topological polar surface area (TPSA) is 106 Å². The van der Waals surface area contributed by atoms with Gasteiger partial charge in [-0.05, 0) is 12.0 Å². The van der Waals surface area contributed by atoms with E-state index in [2.05, 4.69) is 32.2 Å². The first-order valence-electron chi connectivity index (χ1n) is 8.39. The Kier molecular flexibility index (Phi) is 5.27. The fourth-order valence-corrected chi connectivity index (χ4v) is 2.99. The largest absolute Gasteiger partial charge is 0.352 e. The van der Waals surface area contributed by atoms with E-state index in [-0.39, 0.29) is 12.5 Å². The van der Waals surface area contributed by atoms with Gasteiger partial charge in [-0.2, -0.15) is 0 Å². The van der Waals surface area contributed by atoms with Gasteiger partial charge in [0.25, 0.3) is 0 Å². The summed E-state index contributed by atoms with van der Waals surface area (Å²) in [6.07, 6.45) is 2.37. The van der Waals surface area contributed by atoms with E-state index in [1.54, 1.807) is 4.90 Å². The maximum atomic E-state index is 12.1. The number of urea groups is 1. The van der Waals surface area contributed by atoms with E-state index in [4.69, 9.17) is 5.73 Å². The van der Waals surface area contributed by atoms with Crippen molar-refractivity contribution in [1.82, 2.24) is 25.0 Å². The number of carbonyl (C=O) groups is 2. The van der Waals surface area contributed by atoms with Crippen molar-refractivity contribution < 1.29 is 9.59 Å². The molecular weight excluding hydrogens is 320 g/mol. The summed E-state index contributed by atoms with van der Waals surface area (Å²) >= 11 is 0. The lowest BCUT2D eigenvalue weighted by atomic mass is 10.1. The van der Waals surface area contributed by atoms with E-state index in [0.29, 0.717) is 26.1 Å². The number of fused-ring (bicyclic) bond motifs is 1. The number of hydrogen-bond acceptors (Lipinski definition) is 4. The summed E-state index contributed by atoms with van der Waals surface area (Å²) in [7, 11) is 0. The van der Waals surface area contributed by atoms with Crippen molar-refractivity contribution in [2.75, 3.05) is 19.6 Å². The van der Waals surface area contributed by atoms with Gasteiger partial charge in [-0.15, -0.1) is 10.2 Å². The number of rotatable bonds is 5. The van der Waals surface area contributed by atoms with Crippen LogP contribution in [0.3, 0.4) is 0 Å². The highest BCUT2D eigenvalue weighted by Crippen LogP contribution is 2.12. The fourth-order valence-electron chi connectivity index (χ4n) is 2.99. The standard InChI is InChI=1S/C17H22N6O2/c18-17(25)19-12-16(24)22-9-8-15-21-20-14(23(15)11-10-22)7-6-13-4-2-1-3-5-13/h1-5H,6-12H2,(H3,18,19,25). The highest BCUT2D eigenvalue weighted by atomic mass is 16.2. The molecule has 0 fully saturated rings. The number of amides is 3. The SMILES string of the molecule is NC(=O)NCC(=O)N1CCc2nnc(CCc3ccccc3)n2CC1. The van der Waals surface area contributed by atoms with Crippen LogP contribution in [0.2, 0.25) is 0 Å². The van der Waals surface area contributed by atoms with Crippen molar-refractivity contribution in [2.45, 2.75) is 25.8 Å². The van der Waals surface area contributed by atoms with E-state index in [1.807, 2.05) is 18.2 Å². The first-order valence-corrected chi connectivity index (χ1v) is 8.39. The number of hydrogen-bond donors (Lipinski definition) is 2. The minimum atomic E-state index is -0.691. The molecule has 1 aliphatic heterocycles. The summed E-state index contributed by atoms with van der Waals surface area (Å²) in [5.74, 6) is 1.72. The van der Waals surface area contributed by atoms with Gasteiger partial charge < -0.3 is 20.5 Å². The van der Waals surface area contributed by atoms with Crippen molar-refractivity contribution in [3.63, 3.8) is 0 Å². The van der Waals surface area contributed by atoms with Gasteiger partial charge in [0, 0.05) is 32.5 Å². The first kappa shape index (κ1) is 16.9. The lowest BCUT2D eigenvalue weighted by molar-refractivity contribution is -0.130. The maximum Gasteiger partial charge on any atom is 0.312 e. The van der Waals surface area contributed by atoms with Crippen molar-refractivity contribution in [3.05, 3.63) is 47.5 Å². The zero-order valence-electron chi connectivity index (χ0n) is 14.0. The highest BCUT2D eigenvalue weighted by molar-refractivity contribution is 5.83. The second kappa shape index (κ2) is 7.78. The third kappa shape index (κ3) is 4.34. The second-order valence-electron chi connectivity index (χ2n) is 6.02. The minimum absolute atomic E-state index is 0.0727. The number of carbonyl (C=O) groups excluding carboxylic acids is 2. The molecule has 1 aromatic carbocycles. The van der Waals surface area contributed by atoms with Gasteiger partial charge in [0.05, 0.1) is 6.54 Å². The van der Waals surface area contributed by atoms with Crippen LogP contribution in [0.25, 0.3) is 0 Å². The highest BCUT2D eigenvalue weighted by Gasteiger charge is 2.21. The first-order chi connectivity index (χ1) is 12.1. The van der Waals surface area contributed by atoms with Crippen molar-refractivity contribution in [3.8, 4) is 0 Å². The molecule has 3 amide bonds. The predicted octanol–water partition coefficient (Wildman–Crippen LogP) is 0.116. The molecule has 0 atom stereocenters. The lowest BCUT2D eigenvalue weighted by Crippen LogP contribution is -2.43. The van der Waals surface area contributed by atoms with Crippen LogP contribution in [0, 0.1) is 0 Å². The summed E-state index contributed by atoms with van der Waals surface area (Å²) < 4.78 is 2.11. The number of aromatic nitrogens is 3. The van der Waals surface area contributed by atoms with E-state index >= 15 is 0 Å². The molecular formula is C17H22N6O2. The molecule has 25 heavy (non-hydrogen) atoms. The lowest BCUT2D eigenvalue weighted by Gasteiger charge is -2.20. The summed E-state index contributed by atoms with van der Waals surface area (Å²) in [6.45, 7) is 1.73. The number of nitrogens with zero attached hydrogens (tertiary/aromatic N) is 4. The molecule has 8 nitrogen and oxygen atoms in total. The van der Waals surface area contributed by atoms with Crippen LogP contribution in [0.1, 0.15) is 17.2 Å². The Bertz CT molecular complexity index is 743. The van der Waals surface area contributed by atoms with Gasteiger partial charge in [-0.25, -0.2) is 4.79 Å². The maximum absolute atomic E-state index is 12.1. The van der Waals surface area contributed by atoms with E-state index in [0.717, 1.165) is 24.5 Å². The monoisotopic (exact) mass is 342 g/mol. The van der Waals surface area contributed by atoms with Gasteiger partial charge in [0.2, 0.25) is 5.91 Å². The Morgan fingerprint density at radius 3 is 2.64 bits per heavy atom. The van der Waals surface area contributed by atoms with Crippen LogP contribution in [-0.4, -0.2) is 51.2 Å². The average Bonchev–Trinajstić information content (AvgIpc) is 2.88. The molecule has 8 heteroatoms. The molecule has 2 aromatic rings. The average molecular weight is 342 g/mol. The summed E-state index contributed by atoms with van der Waals surface area (Å²) in [5, 5.41) is 10.9. The van der Waals surface area contributed by atoms with Gasteiger partial charge in [-0.1, -0.05) is 30.3 Å². The van der Waals surface area contributed by atoms with Gasteiger partial charge in [0.1, 0.15) is 11.6 Å². The van der Waals surface area contributed by atoms with Crippen LogP contribution in [0.5, 0.6) is 0 Å². The molecule has 1 aliphatic rings. The number of nitrogens with two attached hydrogens (primary N) is 1. The normalized spacial score (nSPS) is 13.8. The Morgan fingerprint density at radius 2 is 1.88 bits per heavy atom. The molecule has 1 aromatic heterocycles.